The molecule has 1 amide bonds. The highest BCUT2D eigenvalue weighted by Crippen LogP contribution is 2.41. The predicted molar refractivity (Wildman–Crippen MR) is 114 cm³/mol. The molecule has 152 valence electrons. The Balaban J connectivity index is 1.61. The Kier molecular flexibility index (Phi) is 5.02. The number of benzene rings is 1. The third kappa shape index (κ3) is 3.83. The maximum Gasteiger partial charge on any atom is 0.262 e. The molecule has 2 heterocycles. The van der Waals surface area contributed by atoms with E-state index in [1.807, 2.05) is 0 Å². The molecule has 5 nitrogen and oxygen atoms in total. The van der Waals surface area contributed by atoms with Gasteiger partial charge in [0.25, 0.3) is 5.56 Å². The summed E-state index contributed by atoms with van der Waals surface area (Å²) < 4.78 is 15.1. The Morgan fingerprint density at radius 2 is 2.10 bits per heavy atom. The minimum absolute atomic E-state index is 0.0979. The van der Waals surface area contributed by atoms with Gasteiger partial charge in [-0.05, 0) is 48.3 Å². The Bertz CT molecular complexity index is 1140. The Hall–Kier alpha value is -2.54. The van der Waals surface area contributed by atoms with Gasteiger partial charge in [0.15, 0.2) is 0 Å². The average Bonchev–Trinajstić information content (AvgIpc) is 3.03. The van der Waals surface area contributed by atoms with Crippen molar-refractivity contribution in [1.82, 2.24) is 9.55 Å². The summed E-state index contributed by atoms with van der Waals surface area (Å²) in [6.45, 7) is 6.57. The number of para-hydroxylation sites is 1. The highest BCUT2D eigenvalue weighted by Gasteiger charge is 2.31. The summed E-state index contributed by atoms with van der Waals surface area (Å²) in [5, 5.41) is 3.15. The molecule has 1 aliphatic carbocycles. The Morgan fingerprint density at radius 3 is 2.83 bits per heavy atom. The first-order valence-electron chi connectivity index (χ1n) is 9.78. The molecule has 0 fully saturated rings. The van der Waals surface area contributed by atoms with Crippen molar-refractivity contribution in [3.63, 3.8) is 0 Å². The Morgan fingerprint density at radius 1 is 1.34 bits per heavy atom. The van der Waals surface area contributed by atoms with Gasteiger partial charge in [0, 0.05) is 4.88 Å². The van der Waals surface area contributed by atoms with Crippen molar-refractivity contribution < 1.29 is 9.18 Å². The van der Waals surface area contributed by atoms with E-state index >= 15 is 0 Å². The largest absolute Gasteiger partial charge is 0.322 e. The number of rotatable bonds is 3. The molecule has 0 aliphatic heterocycles. The number of anilines is 1. The molecule has 0 saturated carbocycles. The molecule has 1 aliphatic rings. The van der Waals surface area contributed by atoms with Gasteiger partial charge < -0.3 is 5.32 Å². The van der Waals surface area contributed by atoms with Gasteiger partial charge in [-0.1, -0.05) is 32.9 Å². The lowest BCUT2D eigenvalue weighted by molar-refractivity contribution is -0.116. The number of halogens is 1. The molecule has 2 aromatic heterocycles. The predicted octanol–water partition coefficient (Wildman–Crippen LogP) is 4.39. The highest BCUT2D eigenvalue weighted by molar-refractivity contribution is 7.18. The van der Waals surface area contributed by atoms with Crippen LogP contribution in [0.4, 0.5) is 10.1 Å². The zero-order chi connectivity index (χ0) is 20.8. The van der Waals surface area contributed by atoms with Gasteiger partial charge in [-0.3, -0.25) is 14.2 Å². The second-order valence-electron chi connectivity index (χ2n) is 8.70. The average molecular weight is 414 g/mol. The third-order valence-corrected chi connectivity index (χ3v) is 6.88. The van der Waals surface area contributed by atoms with E-state index in [9.17, 15) is 14.0 Å². The highest BCUT2D eigenvalue weighted by atomic mass is 32.1. The first kappa shape index (κ1) is 19.8. The molecule has 0 spiro atoms. The molecule has 0 saturated heterocycles. The van der Waals surface area contributed by atoms with Crippen LogP contribution in [0.2, 0.25) is 0 Å². The van der Waals surface area contributed by atoms with Gasteiger partial charge in [-0.25, -0.2) is 9.37 Å². The van der Waals surface area contributed by atoms with E-state index in [1.54, 1.807) is 23.5 Å². The van der Waals surface area contributed by atoms with E-state index < -0.39 is 11.7 Å². The summed E-state index contributed by atoms with van der Waals surface area (Å²) in [6, 6.07) is 5.95. The maximum absolute atomic E-state index is 13.7. The third-order valence-electron chi connectivity index (χ3n) is 5.72. The lowest BCUT2D eigenvalue weighted by Gasteiger charge is -2.33. The van der Waals surface area contributed by atoms with Crippen LogP contribution in [0.1, 0.15) is 37.6 Å². The van der Waals surface area contributed by atoms with Crippen molar-refractivity contribution in [3.8, 4) is 0 Å². The van der Waals surface area contributed by atoms with Crippen LogP contribution in [0, 0.1) is 17.2 Å². The first-order valence-corrected chi connectivity index (χ1v) is 10.6. The number of aryl methyl sites for hydroxylation is 1. The van der Waals surface area contributed by atoms with Gasteiger partial charge >= 0.3 is 0 Å². The molecule has 0 radical (unpaired) electrons. The minimum atomic E-state index is -0.512. The molecule has 0 bridgehead atoms. The summed E-state index contributed by atoms with van der Waals surface area (Å²) in [5.41, 5.74) is 1.21. The molecule has 29 heavy (non-hydrogen) atoms. The van der Waals surface area contributed by atoms with Crippen molar-refractivity contribution in [1.29, 1.82) is 0 Å². The zero-order valence-corrected chi connectivity index (χ0v) is 17.6. The van der Waals surface area contributed by atoms with Crippen molar-refractivity contribution >= 4 is 33.1 Å². The van der Waals surface area contributed by atoms with Crippen LogP contribution in [0.25, 0.3) is 10.2 Å². The van der Waals surface area contributed by atoms with E-state index in [2.05, 4.69) is 31.1 Å². The SMILES string of the molecule is CC(C)(C)[C@@H]1CCc2c(sc3ncn(CC(=O)Nc4ccccc4F)c(=O)c23)C1. The summed E-state index contributed by atoms with van der Waals surface area (Å²) in [6.07, 6.45) is 4.28. The number of thiophene rings is 1. The van der Waals surface area contributed by atoms with Crippen LogP contribution in [-0.2, 0) is 24.2 Å². The standard InChI is InChI=1S/C22H24FN3O2S/c1-22(2,3)13-8-9-14-17(10-13)29-20-19(14)21(28)26(12-24-20)11-18(27)25-16-7-5-4-6-15(16)23/h4-7,12-13H,8-11H2,1-3H3,(H,25,27)/t13-/m1/s1. The number of hydrogen-bond acceptors (Lipinski definition) is 4. The second-order valence-corrected chi connectivity index (χ2v) is 9.78. The van der Waals surface area contributed by atoms with Crippen molar-refractivity contribution in [2.75, 3.05) is 5.32 Å². The zero-order valence-electron chi connectivity index (χ0n) is 16.8. The van der Waals surface area contributed by atoms with E-state index in [1.165, 1.54) is 27.9 Å². The minimum Gasteiger partial charge on any atom is -0.322 e. The Labute approximate surface area is 172 Å². The van der Waals surface area contributed by atoms with Crippen LogP contribution in [0.5, 0.6) is 0 Å². The summed E-state index contributed by atoms with van der Waals surface area (Å²) in [7, 11) is 0. The van der Waals surface area contributed by atoms with E-state index in [0.29, 0.717) is 11.3 Å². The molecular weight excluding hydrogens is 389 g/mol. The van der Waals surface area contributed by atoms with Crippen LogP contribution in [0.3, 0.4) is 0 Å². The molecule has 1 N–H and O–H groups in total. The maximum atomic E-state index is 13.7. The number of hydrogen-bond donors (Lipinski definition) is 1. The van der Waals surface area contributed by atoms with Crippen LogP contribution in [0.15, 0.2) is 35.4 Å². The molecular formula is C22H24FN3O2S. The lowest BCUT2D eigenvalue weighted by Crippen LogP contribution is -2.29. The molecule has 7 heteroatoms. The molecule has 1 aromatic carbocycles. The first-order chi connectivity index (χ1) is 13.7. The quantitative estimate of drug-likeness (QED) is 0.693. The summed E-state index contributed by atoms with van der Waals surface area (Å²) >= 11 is 1.59. The number of amides is 1. The monoisotopic (exact) mass is 413 g/mol. The number of carbonyl (C=O) groups is 1. The number of nitrogens with zero attached hydrogens (tertiary/aromatic N) is 2. The topological polar surface area (TPSA) is 64.0 Å². The van der Waals surface area contributed by atoms with Gasteiger partial charge in [-0.15, -0.1) is 11.3 Å². The lowest BCUT2D eigenvalue weighted by atomic mass is 9.72. The number of carbonyl (C=O) groups excluding carboxylic acids is 1. The molecule has 1 atom stereocenters. The van der Waals surface area contributed by atoms with Gasteiger partial charge in [-0.2, -0.15) is 0 Å². The fraction of sp³-hybridized carbons (Fsp3) is 0.409. The van der Waals surface area contributed by atoms with Gasteiger partial charge in [0.1, 0.15) is 17.2 Å². The van der Waals surface area contributed by atoms with E-state index in [0.717, 1.165) is 29.7 Å². The normalized spacial score (nSPS) is 16.6. The summed E-state index contributed by atoms with van der Waals surface area (Å²) in [5.74, 6) is -0.394. The van der Waals surface area contributed by atoms with Gasteiger partial charge in [0.05, 0.1) is 17.4 Å². The fourth-order valence-corrected chi connectivity index (χ4v) is 5.22. The van der Waals surface area contributed by atoms with Crippen LogP contribution in [-0.4, -0.2) is 15.5 Å². The van der Waals surface area contributed by atoms with Crippen LogP contribution < -0.4 is 10.9 Å². The molecule has 3 aromatic rings. The van der Waals surface area contributed by atoms with Crippen molar-refractivity contribution in [2.24, 2.45) is 11.3 Å². The second kappa shape index (κ2) is 7.37. The number of fused-ring (bicyclic) bond motifs is 3. The van der Waals surface area contributed by atoms with Crippen molar-refractivity contribution in [3.05, 3.63) is 57.2 Å². The molecule has 4 rings (SSSR count). The fourth-order valence-electron chi connectivity index (χ4n) is 3.96. The van der Waals surface area contributed by atoms with Crippen LogP contribution >= 0.6 is 11.3 Å². The van der Waals surface area contributed by atoms with E-state index in [-0.39, 0.29) is 23.2 Å². The van der Waals surface area contributed by atoms with E-state index in [4.69, 9.17) is 0 Å². The van der Waals surface area contributed by atoms with Gasteiger partial charge in [0.2, 0.25) is 5.91 Å². The molecule has 0 unspecified atom stereocenters. The smallest absolute Gasteiger partial charge is 0.262 e. The number of nitrogens with one attached hydrogen (secondary N) is 1. The number of aromatic nitrogens is 2. The van der Waals surface area contributed by atoms with Crippen molar-refractivity contribution in [2.45, 2.75) is 46.6 Å². The summed E-state index contributed by atoms with van der Waals surface area (Å²) in [4.78, 5) is 31.8.